The molecule has 0 saturated carbocycles. The molecule has 0 aliphatic rings. The van der Waals surface area contributed by atoms with Gasteiger partial charge in [0.05, 0.1) is 12.2 Å². The lowest BCUT2D eigenvalue weighted by Crippen LogP contribution is -2.09. The minimum Gasteiger partial charge on any atom is -0.494 e. The summed E-state index contributed by atoms with van der Waals surface area (Å²) < 4.78 is 10.9. The summed E-state index contributed by atoms with van der Waals surface area (Å²) in [5, 5.41) is 0. The van der Waals surface area contributed by atoms with Gasteiger partial charge in [-0.2, -0.15) is 0 Å². The maximum absolute atomic E-state index is 12.2. The van der Waals surface area contributed by atoms with Crippen LogP contribution in [0, 0.1) is 13.8 Å². The standard InChI is InChI=1S/C18H20O3/c1-4-10-20-16-7-5-6-15(12-16)18(19)21-17-9-8-13(2)14(3)11-17/h5-9,11-12H,4,10H2,1-3H3. The third-order valence-corrected chi connectivity index (χ3v) is 3.23. The van der Waals surface area contributed by atoms with Crippen LogP contribution in [0.25, 0.3) is 0 Å². The molecule has 2 aromatic carbocycles. The molecule has 0 N–H and O–H groups in total. The molecule has 21 heavy (non-hydrogen) atoms. The molecule has 0 radical (unpaired) electrons. The first kappa shape index (κ1) is 15.1. The van der Waals surface area contributed by atoms with Crippen LogP contribution >= 0.6 is 0 Å². The van der Waals surface area contributed by atoms with Crippen LogP contribution in [0.5, 0.6) is 11.5 Å². The molecule has 110 valence electrons. The minimum absolute atomic E-state index is 0.375. The number of aryl methyl sites for hydroxylation is 2. The van der Waals surface area contributed by atoms with Crippen molar-refractivity contribution < 1.29 is 14.3 Å². The number of ether oxygens (including phenoxy) is 2. The number of rotatable bonds is 5. The van der Waals surface area contributed by atoms with Crippen molar-refractivity contribution in [2.45, 2.75) is 27.2 Å². The first-order valence-electron chi connectivity index (χ1n) is 7.12. The van der Waals surface area contributed by atoms with Gasteiger partial charge in [-0.1, -0.05) is 19.1 Å². The zero-order valence-corrected chi connectivity index (χ0v) is 12.7. The summed E-state index contributed by atoms with van der Waals surface area (Å²) in [7, 11) is 0. The summed E-state index contributed by atoms with van der Waals surface area (Å²) in [6.07, 6.45) is 0.928. The van der Waals surface area contributed by atoms with E-state index in [0.29, 0.717) is 23.7 Å². The average molecular weight is 284 g/mol. The number of benzene rings is 2. The molecule has 0 atom stereocenters. The molecular formula is C18H20O3. The van der Waals surface area contributed by atoms with Crippen molar-refractivity contribution in [1.29, 1.82) is 0 Å². The normalized spacial score (nSPS) is 10.2. The highest BCUT2D eigenvalue weighted by Crippen LogP contribution is 2.19. The Kier molecular flexibility index (Phi) is 4.99. The van der Waals surface area contributed by atoms with Crippen molar-refractivity contribution in [3.8, 4) is 11.5 Å². The summed E-state index contributed by atoms with van der Waals surface area (Å²) in [5.41, 5.74) is 2.76. The largest absolute Gasteiger partial charge is 0.494 e. The zero-order valence-electron chi connectivity index (χ0n) is 12.7. The Labute approximate surface area is 125 Å². The molecule has 0 fully saturated rings. The molecule has 0 amide bonds. The predicted molar refractivity (Wildman–Crippen MR) is 83.1 cm³/mol. The summed E-state index contributed by atoms with van der Waals surface area (Å²) in [6.45, 7) is 6.69. The highest BCUT2D eigenvalue weighted by molar-refractivity contribution is 5.91. The Morgan fingerprint density at radius 2 is 1.81 bits per heavy atom. The zero-order chi connectivity index (χ0) is 15.2. The molecule has 0 aliphatic heterocycles. The SMILES string of the molecule is CCCOc1cccc(C(=O)Oc2ccc(C)c(C)c2)c1. The van der Waals surface area contributed by atoms with Gasteiger partial charge in [-0.3, -0.25) is 0 Å². The Morgan fingerprint density at radius 3 is 2.52 bits per heavy atom. The van der Waals surface area contributed by atoms with E-state index in [0.717, 1.165) is 12.0 Å². The highest BCUT2D eigenvalue weighted by Gasteiger charge is 2.10. The van der Waals surface area contributed by atoms with Gasteiger partial charge in [0.25, 0.3) is 0 Å². The van der Waals surface area contributed by atoms with Gasteiger partial charge in [0.2, 0.25) is 0 Å². The Hall–Kier alpha value is -2.29. The van der Waals surface area contributed by atoms with Crippen molar-refractivity contribution >= 4 is 5.97 Å². The van der Waals surface area contributed by atoms with E-state index >= 15 is 0 Å². The van der Waals surface area contributed by atoms with Gasteiger partial charge in [0.15, 0.2) is 0 Å². The van der Waals surface area contributed by atoms with Gasteiger partial charge < -0.3 is 9.47 Å². The number of carbonyl (C=O) groups excluding carboxylic acids is 1. The van der Waals surface area contributed by atoms with Crippen LogP contribution in [0.1, 0.15) is 34.8 Å². The van der Waals surface area contributed by atoms with Gasteiger partial charge in [0, 0.05) is 0 Å². The second-order valence-corrected chi connectivity index (χ2v) is 5.01. The monoisotopic (exact) mass is 284 g/mol. The first-order chi connectivity index (χ1) is 10.1. The second-order valence-electron chi connectivity index (χ2n) is 5.01. The molecule has 3 nitrogen and oxygen atoms in total. The smallest absolute Gasteiger partial charge is 0.343 e. The molecule has 0 unspecified atom stereocenters. The van der Waals surface area contributed by atoms with Crippen molar-refractivity contribution in [1.82, 2.24) is 0 Å². The molecule has 2 rings (SSSR count). The van der Waals surface area contributed by atoms with Gasteiger partial charge in [-0.15, -0.1) is 0 Å². The minimum atomic E-state index is -0.375. The lowest BCUT2D eigenvalue weighted by molar-refractivity contribution is 0.0734. The van der Waals surface area contributed by atoms with Gasteiger partial charge in [0.1, 0.15) is 11.5 Å². The van der Waals surface area contributed by atoms with Crippen LogP contribution in [-0.2, 0) is 0 Å². The predicted octanol–water partition coefficient (Wildman–Crippen LogP) is 4.31. The molecule has 0 heterocycles. The maximum atomic E-state index is 12.2. The summed E-state index contributed by atoms with van der Waals surface area (Å²) >= 11 is 0. The van der Waals surface area contributed by atoms with Crippen LogP contribution < -0.4 is 9.47 Å². The topological polar surface area (TPSA) is 35.5 Å². The first-order valence-corrected chi connectivity index (χ1v) is 7.12. The van der Waals surface area contributed by atoms with Crippen LogP contribution in [-0.4, -0.2) is 12.6 Å². The lowest BCUT2D eigenvalue weighted by atomic mass is 10.1. The summed E-state index contributed by atoms with van der Waals surface area (Å²) in [6, 6.07) is 12.7. The highest BCUT2D eigenvalue weighted by atomic mass is 16.5. The van der Waals surface area contributed by atoms with E-state index in [2.05, 4.69) is 0 Å². The number of carbonyl (C=O) groups is 1. The van der Waals surface area contributed by atoms with Gasteiger partial charge >= 0.3 is 5.97 Å². The number of hydrogen-bond donors (Lipinski definition) is 0. The van der Waals surface area contributed by atoms with Crippen LogP contribution in [0.15, 0.2) is 42.5 Å². The molecule has 0 aliphatic carbocycles. The molecule has 2 aromatic rings. The van der Waals surface area contributed by atoms with E-state index in [1.165, 1.54) is 5.56 Å². The van der Waals surface area contributed by atoms with Crippen molar-refractivity contribution in [3.05, 3.63) is 59.2 Å². The molecular weight excluding hydrogens is 264 g/mol. The molecule has 0 aromatic heterocycles. The van der Waals surface area contributed by atoms with Gasteiger partial charge in [-0.05, 0) is 61.7 Å². The molecule has 0 spiro atoms. The molecule has 0 bridgehead atoms. The summed E-state index contributed by atoms with van der Waals surface area (Å²) in [5.74, 6) is 0.870. The fraction of sp³-hybridized carbons (Fsp3) is 0.278. The van der Waals surface area contributed by atoms with E-state index in [1.807, 2.05) is 39.0 Å². The average Bonchev–Trinajstić information content (AvgIpc) is 2.49. The molecule has 0 saturated heterocycles. The van der Waals surface area contributed by atoms with E-state index in [-0.39, 0.29) is 5.97 Å². The fourth-order valence-corrected chi connectivity index (χ4v) is 1.88. The number of esters is 1. The van der Waals surface area contributed by atoms with Crippen molar-refractivity contribution in [2.24, 2.45) is 0 Å². The Morgan fingerprint density at radius 1 is 1.00 bits per heavy atom. The van der Waals surface area contributed by atoms with Crippen LogP contribution in [0.3, 0.4) is 0 Å². The van der Waals surface area contributed by atoms with E-state index in [9.17, 15) is 4.79 Å². The van der Waals surface area contributed by atoms with Crippen molar-refractivity contribution in [3.63, 3.8) is 0 Å². The third kappa shape index (κ3) is 4.09. The maximum Gasteiger partial charge on any atom is 0.343 e. The van der Waals surface area contributed by atoms with Crippen LogP contribution in [0.2, 0.25) is 0 Å². The Bertz CT molecular complexity index is 632. The van der Waals surface area contributed by atoms with E-state index in [4.69, 9.17) is 9.47 Å². The summed E-state index contributed by atoms with van der Waals surface area (Å²) in [4.78, 5) is 12.2. The lowest BCUT2D eigenvalue weighted by Gasteiger charge is -2.08. The van der Waals surface area contributed by atoms with E-state index in [1.54, 1.807) is 24.3 Å². The quantitative estimate of drug-likeness (QED) is 0.606. The van der Waals surface area contributed by atoms with Crippen molar-refractivity contribution in [2.75, 3.05) is 6.61 Å². The van der Waals surface area contributed by atoms with Crippen LogP contribution in [0.4, 0.5) is 0 Å². The number of hydrogen-bond acceptors (Lipinski definition) is 3. The Balaban J connectivity index is 2.10. The molecule has 3 heteroatoms. The fourth-order valence-electron chi connectivity index (χ4n) is 1.88. The third-order valence-electron chi connectivity index (χ3n) is 3.23. The van der Waals surface area contributed by atoms with Gasteiger partial charge in [-0.25, -0.2) is 4.79 Å². The second kappa shape index (κ2) is 6.93. The van der Waals surface area contributed by atoms with E-state index < -0.39 is 0 Å².